The van der Waals surface area contributed by atoms with E-state index < -0.39 is 0 Å². The fourth-order valence-corrected chi connectivity index (χ4v) is 4.56. The maximum absolute atomic E-state index is 11.5. The Morgan fingerprint density at radius 3 is 2.61 bits per heavy atom. The van der Waals surface area contributed by atoms with Crippen molar-refractivity contribution >= 4 is 5.91 Å². The lowest BCUT2D eigenvalue weighted by Crippen LogP contribution is -2.47. The smallest absolute Gasteiger partial charge is 0.220 e. The van der Waals surface area contributed by atoms with Gasteiger partial charge in [-0.2, -0.15) is 0 Å². The van der Waals surface area contributed by atoms with Gasteiger partial charge >= 0.3 is 0 Å². The van der Waals surface area contributed by atoms with E-state index in [4.69, 9.17) is 0 Å². The first-order valence-corrected chi connectivity index (χ1v) is 9.06. The Labute approximate surface area is 138 Å². The van der Waals surface area contributed by atoms with Crippen LogP contribution in [-0.4, -0.2) is 54.0 Å². The highest BCUT2D eigenvalue weighted by molar-refractivity contribution is 5.76. The Hall–Kier alpha value is -1.39. The molecule has 1 unspecified atom stereocenters. The van der Waals surface area contributed by atoms with E-state index in [2.05, 4.69) is 45.4 Å². The van der Waals surface area contributed by atoms with Crippen molar-refractivity contribution in [3.63, 3.8) is 0 Å². The Bertz CT molecular complexity index is 547. The highest BCUT2D eigenvalue weighted by Gasteiger charge is 2.43. The van der Waals surface area contributed by atoms with Gasteiger partial charge in [-0.3, -0.25) is 14.6 Å². The normalized spacial score (nSPS) is 32.0. The quantitative estimate of drug-likeness (QED) is 0.922. The first-order chi connectivity index (χ1) is 11.3. The summed E-state index contributed by atoms with van der Waals surface area (Å²) in [6.45, 7) is 5.58. The average molecular weight is 313 g/mol. The molecule has 0 aliphatic carbocycles. The summed E-state index contributed by atoms with van der Waals surface area (Å²) >= 11 is 0. The molecule has 3 fully saturated rings. The molecule has 3 aliphatic heterocycles. The maximum atomic E-state index is 11.5. The van der Waals surface area contributed by atoms with Crippen molar-refractivity contribution in [1.29, 1.82) is 0 Å². The second-order valence-corrected chi connectivity index (χ2v) is 7.46. The molecule has 4 rings (SSSR count). The number of carbonyl (C=O) groups excluding carboxylic acids is 1. The molecular formula is C19H27N3O. The minimum absolute atomic E-state index is 0.240. The number of nitrogens with zero attached hydrogens (tertiary/aromatic N) is 2. The first kappa shape index (κ1) is 15.2. The van der Waals surface area contributed by atoms with Gasteiger partial charge in [-0.1, -0.05) is 30.3 Å². The van der Waals surface area contributed by atoms with E-state index in [0.29, 0.717) is 12.3 Å². The molecule has 1 aromatic carbocycles. The van der Waals surface area contributed by atoms with Crippen molar-refractivity contribution in [3.8, 4) is 0 Å². The van der Waals surface area contributed by atoms with Crippen LogP contribution < -0.4 is 5.32 Å². The largest absolute Gasteiger partial charge is 0.356 e. The minimum Gasteiger partial charge on any atom is -0.356 e. The molecule has 2 bridgehead atoms. The van der Waals surface area contributed by atoms with Crippen molar-refractivity contribution in [2.24, 2.45) is 5.92 Å². The molecule has 1 N–H and O–H groups in total. The monoisotopic (exact) mass is 313 g/mol. The van der Waals surface area contributed by atoms with E-state index in [1.54, 1.807) is 0 Å². The SMILES string of the molecule is O=C1CCC(CN2C[C@@H]3C[C@H]2CN3Cc2ccccc2)CCN1. The third kappa shape index (κ3) is 3.43. The molecule has 0 radical (unpaired) electrons. The number of piperazine rings is 1. The van der Waals surface area contributed by atoms with Crippen LogP contribution in [0.4, 0.5) is 0 Å². The predicted octanol–water partition coefficient (Wildman–Crippen LogP) is 1.86. The summed E-state index contributed by atoms with van der Waals surface area (Å²) in [6.07, 6.45) is 4.25. The lowest BCUT2D eigenvalue weighted by Gasteiger charge is -2.36. The summed E-state index contributed by atoms with van der Waals surface area (Å²) in [5.41, 5.74) is 1.43. The molecule has 1 amide bonds. The molecule has 3 saturated heterocycles. The molecule has 0 spiro atoms. The molecular weight excluding hydrogens is 286 g/mol. The lowest BCUT2D eigenvalue weighted by molar-refractivity contribution is -0.120. The maximum Gasteiger partial charge on any atom is 0.220 e. The summed E-state index contributed by atoms with van der Waals surface area (Å²) in [5.74, 6) is 0.931. The molecule has 1 aromatic rings. The third-order valence-corrected chi connectivity index (χ3v) is 5.84. The van der Waals surface area contributed by atoms with Crippen LogP contribution in [0.25, 0.3) is 0 Å². The minimum atomic E-state index is 0.240. The van der Waals surface area contributed by atoms with Gasteiger partial charge in [0.05, 0.1) is 0 Å². The van der Waals surface area contributed by atoms with Crippen molar-refractivity contribution in [3.05, 3.63) is 35.9 Å². The van der Waals surface area contributed by atoms with Gasteiger partial charge in [0, 0.05) is 51.2 Å². The van der Waals surface area contributed by atoms with Gasteiger partial charge in [0.2, 0.25) is 5.91 Å². The molecule has 3 heterocycles. The van der Waals surface area contributed by atoms with Gasteiger partial charge in [0.25, 0.3) is 0 Å². The van der Waals surface area contributed by atoms with E-state index in [1.807, 2.05) is 0 Å². The topological polar surface area (TPSA) is 35.6 Å². The lowest BCUT2D eigenvalue weighted by atomic mass is 9.99. The van der Waals surface area contributed by atoms with E-state index in [-0.39, 0.29) is 5.91 Å². The highest BCUT2D eigenvalue weighted by Crippen LogP contribution is 2.33. The molecule has 0 aromatic heterocycles. The first-order valence-electron chi connectivity index (χ1n) is 9.06. The van der Waals surface area contributed by atoms with E-state index in [1.165, 1.54) is 31.6 Å². The molecule has 3 atom stereocenters. The van der Waals surface area contributed by atoms with Gasteiger partial charge < -0.3 is 5.32 Å². The number of nitrogens with one attached hydrogen (secondary N) is 1. The summed E-state index contributed by atoms with van der Waals surface area (Å²) in [4.78, 5) is 16.8. The fraction of sp³-hybridized carbons (Fsp3) is 0.632. The van der Waals surface area contributed by atoms with Crippen molar-refractivity contribution in [2.45, 2.75) is 44.3 Å². The van der Waals surface area contributed by atoms with Gasteiger partial charge in [-0.15, -0.1) is 0 Å². The standard InChI is InChI=1S/C19H27N3O/c23-19-7-6-16(8-9-20-19)12-22-14-17-10-18(22)13-21(17)11-15-4-2-1-3-5-15/h1-5,16-18H,6-14H2,(H,20,23)/t16?,17-,18-/m0/s1. The van der Waals surface area contributed by atoms with Crippen LogP contribution in [0.5, 0.6) is 0 Å². The number of hydrogen-bond donors (Lipinski definition) is 1. The zero-order valence-corrected chi connectivity index (χ0v) is 13.8. The zero-order chi connectivity index (χ0) is 15.6. The Morgan fingerprint density at radius 1 is 1.04 bits per heavy atom. The third-order valence-electron chi connectivity index (χ3n) is 5.84. The van der Waals surface area contributed by atoms with Crippen LogP contribution in [0.2, 0.25) is 0 Å². The number of benzene rings is 1. The summed E-state index contributed by atoms with van der Waals surface area (Å²) < 4.78 is 0. The Morgan fingerprint density at radius 2 is 1.83 bits per heavy atom. The molecule has 4 heteroatoms. The van der Waals surface area contributed by atoms with Gasteiger partial charge in [0.15, 0.2) is 0 Å². The van der Waals surface area contributed by atoms with Crippen LogP contribution in [0.3, 0.4) is 0 Å². The van der Waals surface area contributed by atoms with Crippen molar-refractivity contribution in [2.75, 3.05) is 26.2 Å². The number of likely N-dealkylation sites (tertiary alicyclic amines) is 2. The molecule has 3 aliphatic rings. The van der Waals surface area contributed by atoms with Crippen LogP contribution >= 0.6 is 0 Å². The Kier molecular flexibility index (Phi) is 4.36. The number of rotatable bonds is 4. The second-order valence-electron chi connectivity index (χ2n) is 7.46. The van der Waals surface area contributed by atoms with Crippen LogP contribution in [0.1, 0.15) is 31.2 Å². The molecule has 23 heavy (non-hydrogen) atoms. The van der Waals surface area contributed by atoms with Crippen LogP contribution in [0.15, 0.2) is 30.3 Å². The van der Waals surface area contributed by atoms with E-state index in [9.17, 15) is 4.79 Å². The van der Waals surface area contributed by atoms with Gasteiger partial charge in [-0.25, -0.2) is 0 Å². The second kappa shape index (κ2) is 6.62. The van der Waals surface area contributed by atoms with Crippen LogP contribution in [0, 0.1) is 5.92 Å². The van der Waals surface area contributed by atoms with Gasteiger partial charge in [-0.05, 0) is 30.7 Å². The highest BCUT2D eigenvalue weighted by atomic mass is 16.1. The Balaban J connectivity index is 1.30. The average Bonchev–Trinajstić information content (AvgIpc) is 3.06. The van der Waals surface area contributed by atoms with Crippen molar-refractivity contribution < 1.29 is 4.79 Å². The fourth-order valence-electron chi connectivity index (χ4n) is 4.56. The number of fused-ring (bicyclic) bond motifs is 2. The van der Waals surface area contributed by atoms with Crippen molar-refractivity contribution in [1.82, 2.24) is 15.1 Å². The molecule has 4 nitrogen and oxygen atoms in total. The number of amides is 1. The van der Waals surface area contributed by atoms with E-state index >= 15 is 0 Å². The number of carbonyl (C=O) groups is 1. The van der Waals surface area contributed by atoms with E-state index in [0.717, 1.165) is 38.0 Å². The van der Waals surface area contributed by atoms with Crippen LogP contribution in [-0.2, 0) is 11.3 Å². The number of hydrogen-bond acceptors (Lipinski definition) is 3. The summed E-state index contributed by atoms with van der Waals surface area (Å²) in [6, 6.07) is 12.3. The molecule has 124 valence electrons. The van der Waals surface area contributed by atoms with Gasteiger partial charge in [0.1, 0.15) is 0 Å². The summed E-state index contributed by atoms with van der Waals surface area (Å²) in [5, 5.41) is 3.00. The zero-order valence-electron chi connectivity index (χ0n) is 13.8. The molecule has 0 saturated carbocycles. The predicted molar refractivity (Wildman–Crippen MR) is 91.0 cm³/mol. The summed E-state index contributed by atoms with van der Waals surface area (Å²) in [7, 11) is 0.